The number of benzene rings is 2. The van der Waals surface area contributed by atoms with Crippen LogP contribution < -0.4 is 10.1 Å². The lowest BCUT2D eigenvalue weighted by molar-refractivity contribution is -0.110. The number of carbonyl (C=O) groups is 1. The number of para-hydroxylation sites is 1. The molecule has 1 aliphatic rings. The first kappa shape index (κ1) is 15.1. The predicted octanol–water partition coefficient (Wildman–Crippen LogP) is 4.15. The second-order valence-electron chi connectivity index (χ2n) is 5.77. The third-order valence-electron chi connectivity index (χ3n) is 4.06. The van der Waals surface area contributed by atoms with E-state index < -0.39 is 0 Å². The van der Waals surface area contributed by atoms with Crippen molar-refractivity contribution in [2.24, 2.45) is 0 Å². The Labute approximate surface area is 145 Å². The third kappa shape index (κ3) is 3.28. The van der Waals surface area contributed by atoms with Gasteiger partial charge in [-0.2, -0.15) is 0 Å². The number of rotatable bonds is 4. The molecular weight excluding hydrogens is 312 g/mol. The molecule has 0 fully saturated rings. The summed E-state index contributed by atoms with van der Waals surface area (Å²) in [7, 11) is 0. The summed E-state index contributed by atoms with van der Waals surface area (Å²) in [5.74, 6) is 0.717. The predicted molar refractivity (Wildman–Crippen MR) is 98.0 cm³/mol. The van der Waals surface area contributed by atoms with Gasteiger partial charge >= 0.3 is 0 Å². The second-order valence-corrected chi connectivity index (χ2v) is 5.77. The van der Waals surface area contributed by atoms with Gasteiger partial charge in [0.25, 0.3) is 5.91 Å². The van der Waals surface area contributed by atoms with Crippen LogP contribution in [0.15, 0.2) is 73.1 Å². The van der Waals surface area contributed by atoms with Crippen molar-refractivity contribution in [3.8, 4) is 5.75 Å². The molecule has 0 bridgehead atoms. The van der Waals surface area contributed by atoms with Crippen molar-refractivity contribution in [3.05, 3.63) is 89.7 Å². The smallest absolute Gasteiger partial charge is 0.256 e. The van der Waals surface area contributed by atoms with Crippen molar-refractivity contribution >= 4 is 23.2 Å². The molecule has 4 rings (SSSR count). The van der Waals surface area contributed by atoms with Gasteiger partial charge in [-0.25, -0.2) is 0 Å². The molecule has 4 heteroatoms. The van der Waals surface area contributed by atoms with E-state index in [0.29, 0.717) is 12.2 Å². The molecule has 1 amide bonds. The molecule has 0 spiro atoms. The number of amides is 1. The SMILES string of the molecule is O=C1Nc2ccccc2/C1=C/c1ccc(OCc2ccncc2)cc1. The van der Waals surface area contributed by atoms with Crippen LogP contribution in [0.1, 0.15) is 16.7 Å². The highest BCUT2D eigenvalue weighted by atomic mass is 16.5. The van der Waals surface area contributed by atoms with Gasteiger partial charge in [0, 0.05) is 29.2 Å². The number of pyridine rings is 1. The molecule has 1 aromatic heterocycles. The molecule has 0 unspecified atom stereocenters. The maximum absolute atomic E-state index is 12.2. The highest BCUT2D eigenvalue weighted by molar-refractivity contribution is 6.34. The van der Waals surface area contributed by atoms with E-state index in [1.165, 1.54) is 0 Å². The van der Waals surface area contributed by atoms with E-state index in [1.54, 1.807) is 12.4 Å². The van der Waals surface area contributed by atoms with Gasteiger partial charge in [0.05, 0.1) is 0 Å². The fraction of sp³-hybridized carbons (Fsp3) is 0.0476. The Kier molecular flexibility index (Phi) is 4.01. The first-order chi connectivity index (χ1) is 12.3. The number of aromatic nitrogens is 1. The van der Waals surface area contributed by atoms with Crippen LogP contribution in [0, 0.1) is 0 Å². The number of ether oxygens (including phenoxy) is 1. The van der Waals surface area contributed by atoms with Crippen molar-refractivity contribution < 1.29 is 9.53 Å². The molecule has 0 radical (unpaired) electrons. The molecule has 1 N–H and O–H groups in total. The summed E-state index contributed by atoms with van der Waals surface area (Å²) < 4.78 is 5.77. The molecule has 25 heavy (non-hydrogen) atoms. The molecule has 2 aromatic carbocycles. The van der Waals surface area contributed by atoms with Gasteiger partial charge in [-0.1, -0.05) is 30.3 Å². The van der Waals surface area contributed by atoms with Crippen LogP contribution in [0.4, 0.5) is 5.69 Å². The minimum atomic E-state index is -0.0702. The summed E-state index contributed by atoms with van der Waals surface area (Å²) in [6, 6.07) is 19.3. The number of anilines is 1. The molecule has 0 aliphatic carbocycles. The van der Waals surface area contributed by atoms with Crippen molar-refractivity contribution in [1.82, 2.24) is 4.98 Å². The van der Waals surface area contributed by atoms with Crippen molar-refractivity contribution in [2.45, 2.75) is 6.61 Å². The molecular formula is C21H16N2O2. The van der Waals surface area contributed by atoms with E-state index in [1.807, 2.05) is 66.7 Å². The van der Waals surface area contributed by atoms with Crippen molar-refractivity contribution in [1.29, 1.82) is 0 Å². The van der Waals surface area contributed by atoms with Crippen LogP contribution in [-0.4, -0.2) is 10.9 Å². The van der Waals surface area contributed by atoms with Crippen LogP contribution in [0.2, 0.25) is 0 Å². The van der Waals surface area contributed by atoms with Gasteiger partial charge in [0.15, 0.2) is 0 Å². The molecule has 0 saturated carbocycles. The van der Waals surface area contributed by atoms with Gasteiger partial charge < -0.3 is 10.1 Å². The highest BCUT2D eigenvalue weighted by Gasteiger charge is 2.23. The molecule has 2 heterocycles. The Morgan fingerprint density at radius 3 is 2.52 bits per heavy atom. The minimum Gasteiger partial charge on any atom is -0.489 e. The zero-order chi connectivity index (χ0) is 17.1. The summed E-state index contributed by atoms with van der Waals surface area (Å²) >= 11 is 0. The molecule has 0 saturated heterocycles. The number of hydrogen-bond donors (Lipinski definition) is 1. The van der Waals surface area contributed by atoms with E-state index >= 15 is 0 Å². The van der Waals surface area contributed by atoms with Crippen molar-refractivity contribution in [2.75, 3.05) is 5.32 Å². The summed E-state index contributed by atoms with van der Waals surface area (Å²) in [5, 5.41) is 2.88. The largest absolute Gasteiger partial charge is 0.489 e. The molecule has 0 atom stereocenters. The fourth-order valence-electron chi connectivity index (χ4n) is 2.75. The van der Waals surface area contributed by atoms with Crippen LogP contribution >= 0.6 is 0 Å². The average Bonchev–Trinajstić information content (AvgIpc) is 2.97. The molecule has 4 nitrogen and oxygen atoms in total. The molecule has 1 aliphatic heterocycles. The maximum Gasteiger partial charge on any atom is 0.256 e. The van der Waals surface area contributed by atoms with Crippen LogP contribution in [-0.2, 0) is 11.4 Å². The van der Waals surface area contributed by atoms with Gasteiger partial charge in [0.1, 0.15) is 12.4 Å². The topological polar surface area (TPSA) is 51.2 Å². The minimum absolute atomic E-state index is 0.0702. The Balaban J connectivity index is 1.50. The zero-order valence-electron chi connectivity index (χ0n) is 13.5. The molecule has 3 aromatic rings. The highest BCUT2D eigenvalue weighted by Crippen LogP contribution is 2.32. The quantitative estimate of drug-likeness (QED) is 0.732. The molecule has 122 valence electrons. The average molecular weight is 328 g/mol. The van der Waals surface area contributed by atoms with Gasteiger partial charge in [0.2, 0.25) is 0 Å². The normalized spacial score (nSPS) is 14.2. The monoisotopic (exact) mass is 328 g/mol. The van der Waals surface area contributed by atoms with Crippen molar-refractivity contribution in [3.63, 3.8) is 0 Å². The number of carbonyl (C=O) groups excluding carboxylic acids is 1. The first-order valence-corrected chi connectivity index (χ1v) is 8.04. The second kappa shape index (κ2) is 6.61. The number of nitrogens with zero attached hydrogens (tertiary/aromatic N) is 1. The lowest BCUT2D eigenvalue weighted by Crippen LogP contribution is -2.03. The standard InChI is InChI=1S/C21H16N2O2/c24-21-19(18-3-1-2-4-20(18)23-21)13-15-5-7-17(8-6-15)25-14-16-9-11-22-12-10-16/h1-13H,14H2,(H,23,24)/b19-13-. The lowest BCUT2D eigenvalue weighted by atomic mass is 10.0. The summed E-state index contributed by atoms with van der Waals surface area (Å²) in [6.07, 6.45) is 5.39. The van der Waals surface area contributed by atoms with E-state index in [0.717, 1.165) is 28.1 Å². The number of nitrogens with one attached hydrogen (secondary N) is 1. The Hall–Kier alpha value is -3.40. The fourth-order valence-corrected chi connectivity index (χ4v) is 2.75. The third-order valence-corrected chi connectivity index (χ3v) is 4.06. The van der Waals surface area contributed by atoms with E-state index in [2.05, 4.69) is 10.3 Å². The zero-order valence-corrected chi connectivity index (χ0v) is 13.5. The Bertz CT molecular complexity index is 932. The Morgan fingerprint density at radius 1 is 0.960 bits per heavy atom. The van der Waals surface area contributed by atoms with Crippen LogP contribution in [0.5, 0.6) is 5.75 Å². The van der Waals surface area contributed by atoms with E-state index in [-0.39, 0.29) is 5.91 Å². The van der Waals surface area contributed by atoms with E-state index in [9.17, 15) is 4.79 Å². The number of hydrogen-bond acceptors (Lipinski definition) is 3. The Morgan fingerprint density at radius 2 is 1.72 bits per heavy atom. The maximum atomic E-state index is 12.2. The van der Waals surface area contributed by atoms with Gasteiger partial charge in [-0.15, -0.1) is 0 Å². The van der Waals surface area contributed by atoms with E-state index in [4.69, 9.17) is 4.74 Å². The number of fused-ring (bicyclic) bond motifs is 1. The summed E-state index contributed by atoms with van der Waals surface area (Å²) in [6.45, 7) is 0.499. The van der Waals surface area contributed by atoms with Gasteiger partial charge in [-0.3, -0.25) is 9.78 Å². The van der Waals surface area contributed by atoms with Gasteiger partial charge in [-0.05, 0) is 47.5 Å². The summed E-state index contributed by atoms with van der Waals surface area (Å²) in [4.78, 5) is 16.1. The summed E-state index contributed by atoms with van der Waals surface area (Å²) in [5.41, 5.74) is 4.50. The lowest BCUT2D eigenvalue weighted by Gasteiger charge is -2.06. The first-order valence-electron chi connectivity index (χ1n) is 8.04. The van der Waals surface area contributed by atoms with Crippen LogP contribution in [0.3, 0.4) is 0 Å². The van der Waals surface area contributed by atoms with Crippen LogP contribution in [0.25, 0.3) is 11.6 Å².